The summed E-state index contributed by atoms with van der Waals surface area (Å²) < 4.78 is 0. The van der Waals surface area contributed by atoms with Crippen molar-refractivity contribution in [1.82, 2.24) is 9.88 Å². The highest BCUT2D eigenvalue weighted by Gasteiger charge is 2.20. The quantitative estimate of drug-likeness (QED) is 0.814. The normalized spacial score (nSPS) is 11.9. The zero-order valence-electron chi connectivity index (χ0n) is 11.4. The van der Waals surface area contributed by atoms with Gasteiger partial charge in [0, 0.05) is 30.9 Å². The van der Waals surface area contributed by atoms with Gasteiger partial charge in [0.1, 0.15) is 0 Å². The molecule has 0 aliphatic carbocycles. The molecule has 0 fully saturated rings. The van der Waals surface area contributed by atoms with E-state index in [1.807, 2.05) is 25.1 Å². The first-order chi connectivity index (χ1) is 9.04. The van der Waals surface area contributed by atoms with Gasteiger partial charge in [-0.1, -0.05) is 6.07 Å². The average Bonchev–Trinajstić information content (AvgIpc) is 2.37. The van der Waals surface area contributed by atoms with Crippen molar-refractivity contribution in [3.63, 3.8) is 0 Å². The van der Waals surface area contributed by atoms with Crippen LogP contribution in [0.25, 0.3) is 0 Å². The summed E-state index contributed by atoms with van der Waals surface area (Å²) in [6, 6.07) is 5.32. The summed E-state index contributed by atoms with van der Waals surface area (Å²) in [5, 5.41) is 8.77. The fourth-order valence-electron chi connectivity index (χ4n) is 2.02. The molecular weight excluding hydrogens is 244 g/mol. The van der Waals surface area contributed by atoms with Crippen molar-refractivity contribution in [2.24, 2.45) is 0 Å². The van der Waals surface area contributed by atoms with Gasteiger partial charge in [-0.05, 0) is 32.4 Å². The third kappa shape index (κ3) is 5.07. The van der Waals surface area contributed by atoms with E-state index in [0.717, 1.165) is 5.69 Å². The maximum absolute atomic E-state index is 12.1. The van der Waals surface area contributed by atoms with E-state index in [-0.39, 0.29) is 18.4 Å². The summed E-state index contributed by atoms with van der Waals surface area (Å²) in [4.78, 5) is 28.5. The van der Waals surface area contributed by atoms with Gasteiger partial charge in [0.25, 0.3) is 0 Å². The summed E-state index contributed by atoms with van der Waals surface area (Å²) >= 11 is 0. The maximum atomic E-state index is 12.1. The van der Waals surface area contributed by atoms with E-state index in [4.69, 9.17) is 5.11 Å². The van der Waals surface area contributed by atoms with Gasteiger partial charge in [-0.15, -0.1) is 0 Å². The van der Waals surface area contributed by atoms with Gasteiger partial charge in [-0.25, -0.2) is 0 Å². The van der Waals surface area contributed by atoms with Crippen molar-refractivity contribution in [3.05, 3.63) is 30.1 Å². The lowest BCUT2D eigenvalue weighted by atomic mass is 10.1. The summed E-state index contributed by atoms with van der Waals surface area (Å²) in [7, 11) is 0. The molecule has 0 saturated heterocycles. The number of carboxylic acids is 1. The smallest absolute Gasteiger partial charge is 0.305 e. The molecule has 5 nitrogen and oxygen atoms in total. The second kappa shape index (κ2) is 7.51. The largest absolute Gasteiger partial charge is 0.481 e. The molecule has 0 spiro atoms. The lowest BCUT2D eigenvalue weighted by Gasteiger charge is -2.27. The molecule has 1 atom stereocenters. The Balaban J connectivity index is 2.52. The van der Waals surface area contributed by atoms with Gasteiger partial charge in [-0.2, -0.15) is 0 Å². The number of carbonyl (C=O) groups excluding carboxylic acids is 1. The summed E-state index contributed by atoms with van der Waals surface area (Å²) in [5.74, 6) is -0.912. The summed E-state index contributed by atoms with van der Waals surface area (Å²) in [5.41, 5.74) is 0.873. The van der Waals surface area contributed by atoms with Gasteiger partial charge >= 0.3 is 5.97 Å². The van der Waals surface area contributed by atoms with Crippen LogP contribution >= 0.6 is 0 Å². The van der Waals surface area contributed by atoms with Crippen molar-refractivity contribution >= 4 is 11.9 Å². The molecule has 1 amide bonds. The molecule has 19 heavy (non-hydrogen) atoms. The molecule has 1 heterocycles. The summed E-state index contributed by atoms with van der Waals surface area (Å²) in [6.07, 6.45) is 2.61. The van der Waals surface area contributed by atoms with Crippen LogP contribution in [0.2, 0.25) is 0 Å². The maximum Gasteiger partial charge on any atom is 0.305 e. The van der Waals surface area contributed by atoms with Gasteiger partial charge < -0.3 is 10.0 Å². The number of aliphatic carboxylic acids is 1. The minimum Gasteiger partial charge on any atom is -0.481 e. The van der Waals surface area contributed by atoms with Crippen LogP contribution in [0.15, 0.2) is 24.4 Å². The van der Waals surface area contributed by atoms with E-state index in [2.05, 4.69) is 4.98 Å². The number of rotatable bonds is 7. The Morgan fingerprint density at radius 3 is 2.68 bits per heavy atom. The molecule has 104 valence electrons. The highest BCUT2D eigenvalue weighted by molar-refractivity contribution is 5.77. The van der Waals surface area contributed by atoms with E-state index < -0.39 is 5.97 Å². The number of aromatic nitrogens is 1. The van der Waals surface area contributed by atoms with Crippen LogP contribution in [-0.4, -0.2) is 39.5 Å². The van der Waals surface area contributed by atoms with Crippen LogP contribution in [0, 0.1) is 0 Å². The number of aryl methyl sites for hydroxylation is 1. The highest BCUT2D eigenvalue weighted by Crippen LogP contribution is 2.08. The van der Waals surface area contributed by atoms with E-state index in [0.29, 0.717) is 19.4 Å². The fraction of sp³-hybridized carbons (Fsp3) is 0.500. The molecule has 1 aromatic rings. The van der Waals surface area contributed by atoms with Crippen LogP contribution in [-0.2, 0) is 16.0 Å². The van der Waals surface area contributed by atoms with Crippen LogP contribution in [0.1, 0.15) is 32.4 Å². The second-order valence-electron chi connectivity index (χ2n) is 4.45. The number of nitrogens with zero attached hydrogens (tertiary/aromatic N) is 2. The Morgan fingerprint density at radius 1 is 1.42 bits per heavy atom. The number of pyridine rings is 1. The molecule has 1 aromatic heterocycles. The predicted molar refractivity (Wildman–Crippen MR) is 71.7 cm³/mol. The first-order valence-electron chi connectivity index (χ1n) is 6.45. The zero-order chi connectivity index (χ0) is 14.3. The van der Waals surface area contributed by atoms with E-state index in [1.54, 1.807) is 18.0 Å². The highest BCUT2D eigenvalue weighted by atomic mass is 16.4. The van der Waals surface area contributed by atoms with Gasteiger partial charge in [0.15, 0.2) is 0 Å². The molecule has 0 aliphatic rings. The number of amides is 1. The molecule has 1 N–H and O–H groups in total. The summed E-state index contributed by atoms with van der Waals surface area (Å²) in [6.45, 7) is 4.14. The Bertz CT molecular complexity index is 420. The number of hydrogen-bond acceptors (Lipinski definition) is 3. The minimum atomic E-state index is -0.886. The molecule has 0 radical (unpaired) electrons. The van der Waals surface area contributed by atoms with E-state index in [1.165, 1.54) is 0 Å². The van der Waals surface area contributed by atoms with Crippen LogP contribution < -0.4 is 0 Å². The van der Waals surface area contributed by atoms with Crippen molar-refractivity contribution in [3.8, 4) is 0 Å². The third-order valence-electron chi connectivity index (χ3n) is 2.98. The number of hydrogen-bond donors (Lipinski definition) is 1. The minimum absolute atomic E-state index is 0.0246. The van der Waals surface area contributed by atoms with E-state index in [9.17, 15) is 9.59 Å². The van der Waals surface area contributed by atoms with Crippen LogP contribution in [0.3, 0.4) is 0 Å². The van der Waals surface area contributed by atoms with Crippen molar-refractivity contribution in [1.29, 1.82) is 0 Å². The third-order valence-corrected chi connectivity index (χ3v) is 2.98. The fourth-order valence-corrected chi connectivity index (χ4v) is 2.02. The van der Waals surface area contributed by atoms with Crippen molar-refractivity contribution in [2.75, 3.05) is 6.54 Å². The van der Waals surface area contributed by atoms with Crippen LogP contribution in [0.4, 0.5) is 0 Å². The first kappa shape index (κ1) is 15.1. The molecule has 0 aromatic carbocycles. The lowest BCUT2D eigenvalue weighted by molar-refractivity contribution is -0.140. The molecule has 0 bridgehead atoms. The van der Waals surface area contributed by atoms with Crippen molar-refractivity contribution in [2.45, 2.75) is 39.2 Å². The first-order valence-corrected chi connectivity index (χ1v) is 6.45. The average molecular weight is 264 g/mol. The second-order valence-corrected chi connectivity index (χ2v) is 4.45. The number of carboxylic acid groups (broad SMARTS) is 1. The van der Waals surface area contributed by atoms with Gasteiger partial charge in [0.05, 0.1) is 6.42 Å². The monoisotopic (exact) mass is 264 g/mol. The Labute approximate surface area is 113 Å². The van der Waals surface area contributed by atoms with Gasteiger partial charge in [-0.3, -0.25) is 14.6 Å². The molecular formula is C14H20N2O3. The van der Waals surface area contributed by atoms with Crippen molar-refractivity contribution < 1.29 is 14.7 Å². The molecule has 5 heteroatoms. The topological polar surface area (TPSA) is 70.5 Å². The lowest BCUT2D eigenvalue weighted by Crippen LogP contribution is -2.39. The molecule has 0 saturated carbocycles. The molecule has 1 unspecified atom stereocenters. The number of carbonyl (C=O) groups is 2. The van der Waals surface area contributed by atoms with E-state index >= 15 is 0 Å². The van der Waals surface area contributed by atoms with Crippen LogP contribution in [0.5, 0.6) is 0 Å². The molecule has 1 rings (SSSR count). The standard InChI is InChI=1S/C14H20N2O3/c1-3-16(11(2)10-14(18)19)13(17)8-7-12-6-4-5-9-15-12/h4-6,9,11H,3,7-8,10H2,1-2H3,(H,18,19). The Hall–Kier alpha value is -1.91. The Morgan fingerprint density at radius 2 is 2.16 bits per heavy atom. The SMILES string of the molecule is CCN(C(=O)CCc1ccccn1)C(C)CC(=O)O. The predicted octanol–water partition coefficient (Wildman–Crippen LogP) is 1.73. The van der Waals surface area contributed by atoms with Gasteiger partial charge in [0.2, 0.25) is 5.91 Å². The Kier molecular flexibility index (Phi) is 5.99. The molecule has 0 aliphatic heterocycles. The zero-order valence-corrected chi connectivity index (χ0v) is 11.4.